The predicted molar refractivity (Wildman–Crippen MR) is 130 cm³/mol. The number of phenolic OH excluding ortho intramolecular Hbond substituents is 1. The Morgan fingerprint density at radius 2 is 1.91 bits per heavy atom. The molecule has 0 radical (unpaired) electrons. The quantitative estimate of drug-likeness (QED) is 0.356. The third kappa shape index (κ3) is 5.78. The summed E-state index contributed by atoms with van der Waals surface area (Å²) in [7, 11) is 1.64. The van der Waals surface area contributed by atoms with Gasteiger partial charge in [0.05, 0.1) is 12.8 Å². The van der Waals surface area contributed by atoms with E-state index in [1.807, 2.05) is 43.3 Å². The molecule has 168 valence electrons. The van der Waals surface area contributed by atoms with Crippen molar-refractivity contribution < 1.29 is 14.6 Å². The van der Waals surface area contributed by atoms with Gasteiger partial charge >= 0.3 is 0 Å². The molecule has 1 atom stereocenters. The molecule has 0 bridgehead atoms. The first-order valence-electron chi connectivity index (χ1n) is 11.0. The summed E-state index contributed by atoms with van der Waals surface area (Å²) in [6.45, 7) is 6.17. The number of anilines is 2. The fraction of sp³-hybridized carbons (Fsp3) is 0.308. The van der Waals surface area contributed by atoms with E-state index in [4.69, 9.17) is 9.72 Å². The normalized spacial score (nSPS) is 11.6. The number of nitrogens with zero attached hydrogens (tertiary/aromatic N) is 1. The van der Waals surface area contributed by atoms with Gasteiger partial charge in [-0.2, -0.15) is 0 Å². The van der Waals surface area contributed by atoms with Gasteiger partial charge in [-0.15, -0.1) is 0 Å². The van der Waals surface area contributed by atoms with Gasteiger partial charge in [-0.1, -0.05) is 26.0 Å². The Bertz CT molecular complexity index is 1080. The third-order valence-corrected chi connectivity index (χ3v) is 5.27. The number of hydrogen-bond acceptors (Lipinski definition) is 5. The molecule has 6 heteroatoms. The minimum absolute atomic E-state index is 0.0543. The summed E-state index contributed by atoms with van der Waals surface area (Å²) in [6.07, 6.45) is 2.17. The molecule has 1 heterocycles. The first kappa shape index (κ1) is 23.1. The van der Waals surface area contributed by atoms with Crippen molar-refractivity contribution in [2.24, 2.45) is 0 Å². The molecule has 0 fully saturated rings. The van der Waals surface area contributed by atoms with Gasteiger partial charge in [0.25, 0.3) is 0 Å². The molecular weight excluding hydrogens is 402 g/mol. The van der Waals surface area contributed by atoms with Crippen LogP contribution in [0.3, 0.4) is 0 Å². The van der Waals surface area contributed by atoms with Crippen LogP contribution in [0.25, 0.3) is 22.4 Å². The molecule has 3 aromatic rings. The van der Waals surface area contributed by atoms with E-state index in [0.29, 0.717) is 23.4 Å². The van der Waals surface area contributed by atoms with Gasteiger partial charge in [0.1, 0.15) is 17.3 Å². The Morgan fingerprint density at radius 3 is 2.62 bits per heavy atom. The fourth-order valence-electron chi connectivity index (χ4n) is 3.34. The Morgan fingerprint density at radius 1 is 1.09 bits per heavy atom. The first-order chi connectivity index (χ1) is 15.4. The number of pyridine rings is 1. The number of carbonyl (C=O) groups is 1. The van der Waals surface area contributed by atoms with Gasteiger partial charge in [0.2, 0.25) is 5.91 Å². The maximum Gasteiger partial charge on any atom is 0.224 e. The van der Waals surface area contributed by atoms with Crippen LogP contribution in [0, 0.1) is 0 Å². The SMILES string of the molecule is CCCC(=O)Nc1ccc(O)c(-c2cc(-c3cccc(OC)c3)cc(NC(C)CC)n2)c1. The molecule has 0 spiro atoms. The number of amides is 1. The summed E-state index contributed by atoms with van der Waals surface area (Å²) in [5, 5.41) is 16.9. The van der Waals surface area contributed by atoms with Gasteiger partial charge in [-0.05, 0) is 73.4 Å². The molecule has 1 aromatic heterocycles. The molecule has 1 amide bonds. The maximum absolute atomic E-state index is 12.0. The van der Waals surface area contributed by atoms with Crippen LogP contribution < -0.4 is 15.4 Å². The van der Waals surface area contributed by atoms with Gasteiger partial charge in [0.15, 0.2) is 0 Å². The van der Waals surface area contributed by atoms with Crippen LogP contribution in [0.2, 0.25) is 0 Å². The van der Waals surface area contributed by atoms with Gasteiger partial charge in [-0.25, -0.2) is 4.98 Å². The second-order valence-electron chi connectivity index (χ2n) is 7.84. The highest BCUT2D eigenvalue weighted by molar-refractivity contribution is 5.92. The fourth-order valence-corrected chi connectivity index (χ4v) is 3.34. The molecule has 0 aliphatic carbocycles. The molecule has 0 aliphatic heterocycles. The smallest absolute Gasteiger partial charge is 0.224 e. The highest BCUT2D eigenvalue weighted by atomic mass is 16.5. The Labute approximate surface area is 189 Å². The Balaban J connectivity index is 2.08. The summed E-state index contributed by atoms with van der Waals surface area (Å²) >= 11 is 0. The van der Waals surface area contributed by atoms with Crippen LogP contribution in [0.15, 0.2) is 54.6 Å². The van der Waals surface area contributed by atoms with Crippen LogP contribution in [0.5, 0.6) is 11.5 Å². The van der Waals surface area contributed by atoms with E-state index in [-0.39, 0.29) is 17.7 Å². The zero-order valence-electron chi connectivity index (χ0n) is 19.1. The summed E-state index contributed by atoms with van der Waals surface area (Å²) in [6, 6.07) is 17.0. The van der Waals surface area contributed by atoms with Crippen molar-refractivity contribution in [3.8, 4) is 33.9 Å². The molecule has 32 heavy (non-hydrogen) atoms. The van der Waals surface area contributed by atoms with Crippen LogP contribution >= 0.6 is 0 Å². The van der Waals surface area contributed by atoms with E-state index in [1.54, 1.807) is 25.3 Å². The van der Waals surface area contributed by atoms with Crippen molar-refractivity contribution in [1.82, 2.24) is 4.98 Å². The number of aromatic nitrogens is 1. The zero-order valence-corrected chi connectivity index (χ0v) is 19.1. The molecule has 0 aliphatic rings. The van der Waals surface area contributed by atoms with Crippen molar-refractivity contribution in [2.75, 3.05) is 17.7 Å². The van der Waals surface area contributed by atoms with Crippen LogP contribution in [-0.2, 0) is 4.79 Å². The summed E-state index contributed by atoms with van der Waals surface area (Å²) < 4.78 is 5.38. The lowest BCUT2D eigenvalue weighted by atomic mass is 10.0. The molecular formula is C26H31N3O3. The number of hydrogen-bond donors (Lipinski definition) is 3. The van der Waals surface area contributed by atoms with Gasteiger partial charge < -0.3 is 20.5 Å². The number of methoxy groups -OCH3 is 1. The monoisotopic (exact) mass is 433 g/mol. The number of ether oxygens (including phenoxy) is 1. The molecule has 0 saturated heterocycles. The minimum Gasteiger partial charge on any atom is -0.507 e. The molecule has 3 N–H and O–H groups in total. The Kier molecular flexibility index (Phi) is 7.71. The van der Waals surface area contributed by atoms with Gasteiger partial charge in [0, 0.05) is 23.7 Å². The van der Waals surface area contributed by atoms with E-state index in [0.717, 1.165) is 35.5 Å². The van der Waals surface area contributed by atoms with E-state index < -0.39 is 0 Å². The summed E-state index contributed by atoms with van der Waals surface area (Å²) in [5.41, 5.74) is 3.71. The Hall–Kier alpha value is -3.54. The van der Waals surface area contributed by atoms with Crippen molar-refractivity contribution >= 4 is 17.4 Å². The number of phenols is 1. The predicted octanol–water partition coefficient (Wildman–Crippen LogP) is 6.08. The molecule has 6 nitrogen and oxygen atoms in total. The van der Waals surface area contributed by atoms with Crippen molar-refractivity contribution in [3.63, 3.8) is 0 Å². The largest absolute Gasteiger partial charge is 0.507 e. The van der Waals surface area contributed by atoms with Crippen LogP contribution in [0.4, 0.5) is 11.5 Å². The number of aromatic hydroxyl groups is 1. The lowest BCUT2D eigenvalue weighted by Crippen LogP contribution is -2.14. The minimum atomic E-state index is -0.0543. The third-order valence-electron chi connectivity index (χ3n) is 5.27. The zero-order chi connectivity index (χ0) is 23.1. The van der Waals surface area contributed by atoms with E-state index in [1.165, 1.54) is 0 Å². The molecule has 0 saturated carbocycles. The maximum atomic E-state index is 12.0. The van der Waals surface area contributed by atoms with Crippen LogP contribution in [-0.4, -0.2) is 29.1 Å². The second kappa shape index (κ2) is 10.7. The number of nitrogens with one attached hydrogen (secondary N) is 2. The lowest BCUT2D eigenvalue weighted by Gasteiger charge is -2.16. The summed E-state index contributed by atoms with van der Waals surface area (Å²) in [5.74, 6) is 1.53. The average molecular weight is 434 g/mol. The second-order valence-corrected chi connectivity index (χ2v) is 7.84. The van der Waals surface area contributed by atoms with Crippen LogP contribution in [0.1, 0.15) is 40.0 Å². The molecule has 1 unspecified atom stereocenters. The first-order valence-corrected chi connectivity index (χ1v) is 11.0. The summed E-state index contributed by atoms with van der Waals surface area (Å²) in [4.78, 5) is 16.8. The number of benzene rings is 2. The number of carbonyl (C=O) groups excluding carboxylic acids is 1. The van der Waals surface area contributed by atoms with Crippen molar-refractivity contribution in [3.05, 3.63) is 54.6 Å². The highest BCUT2D eigenvalue weighted by Gasteiger charge is 2.13. The van der Waals surface area contributed by atoms with Gasteiger partial charge in [-0.3, -0.25) is 4.79 Å². The average Bonchev–Trinajstić information content (AvgIpc) is 2.80. The number of rotatable bonds is 9. The van der Waals surface area contributed by atoms with Crippen molar-refractivity contribution in [2.45, 2.75) is 46.1 Å². The van der Waals surface area contributed by atoms with E-state index >= 15 is 0 Å². The standard InChI is InChI=1S/C26H31N3O3/c1-5-8-26(31)28-20-11-12-24(30)22(16-20)23-14-19(15-25(29-23)27-17(3)6-2)18-9-7-10-21(13-18)32-4/h7,9-17,30H,5-6,8H2,1-4H3,(H,27,29)(H,28,31). The van der Waals surface area contributed by atoms with Crippen molar-refractivity contribution in [1.29, 1.82) is 0 Å². The molecule has 3 rings (SSSR count). The lowest BCUT2D eigenvalue weighted by molar-refractivity contribution is -0.116. The van der Waals surface area contributed by atoms with E-state index in [2.05, 4.69) is 24.5 Å². The highest BCUT2D eigenvalue weighted by Crippen LogP contribution is 2.35. The molecule has 2 aromatic carbocycles. The van der Waals surface area contributed by atoms with E-state index in [9.17, 15) is 9.90 Å². The topological polar surface area (TPSA) is 83.5 Å².